The first kappa shape index (κ1) is 28.9. The van der Waals surface area contributed by atoms with Gasteiger partial charge in [0, 0.05) is 16.9 Å². The molecule has 0 saturated heterocycles. The van der Waals surface area contributed by atoms with E-state index in [-0.39, 0.29) is 17.7 Å². The van der Waals surface area contributed by atoms with E-state index in [9.17, 15) is 18.0 Å². The Morgan fingerprint density at radius 2 is 1.47 bits per heavy atom. The zero-order chi connectivity index (χ0) is 28.3. The smallest absolute Gasteiger partial charge is 0.255 e. The normalized spacial score (nSPS) is 12.5. The van der Waals surface area contributed by atoms with Gasteiger partial charge < -0.3 is 10.6 Å². The first-order valence-electron chi connectivity index (χ1n) is 12.6. The third-order valence-electron chi connectivity index (χ3n) is 6.48. The maximum Gasteiger partial charge on any atom is 0.255 e. The lowest BCUT2D eigenvalue weighted by atomic mass is 9.87. The summed E-state index contributed by atoms with van der Waals surface area (Å²) in [5, 5.41) is 5.68. The largest absolute Gasteiger partial charge is 0.324 e. The molecule has 0 aliphatic rings. The van der Waals surface area contributed by atoms with Gasteiger partial charge in [-0.05, 0) is 84.8 Å². The van der Waals surface area contributed by atoms with Gasteiger partial charge in [0.25, 0.3) is 5.91 Å². The molecule has 0 aromatic heterocycles. The van der Waals surface area contributed by atoms with Crippen LogP contribution in [0.4, 0.5) is 17.1 Å². The number of hydrogen-bond acceptors (Lipinski definition) is 4. The molecule has 0 fully saturated rings. The second-order valence-corrected chi connectivity index (χ2v) is 12.5. The fourth-order valence-electron chi connectivity index (χ4n) is 4.15. The van der Waals surface area contributed by atoms with Crippen molar-refractivity contribution in [2.45, 2.75) is 59.4 Å². The highest BCUT2D eigenvalue weighted by Gasteiger charge is 2.31. The molecule has 7 nitrogen and oxygen atoms in total. The van der Waals surface area contributed by atoms with E-state index in [1.165, 1.54) is 4.31 Å². The van der Waals surface area contributed by atoms with Crippen molar-refractivity contribution >= 4 is 38.9 Å². The van der Waals surface area contributed by atoms with E-state index >= 15 is 0 Å². The Bertz CT molecular complexity index is 1420. The van der Waals surface area contributed by atoms with Crippen LogP contribution >= 0.6 is 0 Å². The van der Waals surface area contributed by atoms with Crippen LogP contribution in [0.25, 0.3) is 0 Å². The second-order valence-electron chi connectivity index (χ2n) is 10.6. The van der Waals surface area contributed by atoms with Gasteiger partial charge in [-0.1, -0.05) is 52.0 Å². The lowest BCUT2D eigenvalue weighted by molar-refractivity contribution is -0.117. The predicted molar refractivity (Wildman–Crippen MR) is 155 cm³/mol. The maximum atomic E-state index is 13.3. The van der Waals surface area contributed by atoms with E-state index in [2.05, 4.69) is 31.4 Å². The number of rotatable bonds is 8. The molecule has 202 valence electrons. The topological polar surface area (TPSA) is 95.6 Å². The number of nitrogens with one attached hydrogen (secondary N) is 2. The zero-order valence-electron chi connectivity index (χ0n) is 23.1. The van der Waals surface area contributed by atoms with Crippen molar-refractivity contribution in [1.29, 1.82) is 0 Å². The third-order valence-corrected chi connectivity index (χ3v) is 7.66. The SMILES string of the molecule is CC[C@@H](C(=O)Nc1cccc(NC(=O)c2ccc(C(C)(C)C)cc2)c1)N(c1ccc(C)c(C)c1)S(C)(=O)=O. The summed E-state index contributed by atoms with van der Waals surface area (Å²) in [6, 6.07) is 18.6. The number of nitrogens with zero attached hydrogens (tertiary/aromatic N) is 1. The summed E-state index contributed by atoms with van der Waals surface area (Å²) in [7, 11) is -3.75. The Hall–Kier alpha value is -3.65. The van der Waals surface area contributed by atoms with Crippen LogP contribution in [0.15, 0.2) is 66.7 Å². The molecule has 38 heavy (non-hydrogen) atoms. The summed E-state index contributed by atoms with van der Waals surface area (Å²) in [6.45, 7) is 12.0. The van der Waals surface area contributed by atoms with Gasteiger partial charge >= 0.3 is 0 Å². The predicted octanol–water partition coefficient (Wildman–Crippen LogP) is 6.04. The minimum absolute atomic E-state index is 0.0110. The lowest BCUT2D eigenvalue weighted by Crippen LogP contribution is -2.47. The molecule has 3 aromatic carbocycles. The highest BCUT2D eigenvalue weighted by molar-refractivity contribution is 7.92. The maximum absolute atomic E-state index is 13.3. The zero-order valence-corrected chi connectivity index (χ0v) is 23.9. The van der Waals surface area contributed by atoms with Gasteiger partial charge in [-0.3, -0.25) is 13.9 Å². The molecule has 0 unspecified atom stereocenters. The molecule has 1 atom stereocenters. The fraction of sp³-hybridized carbons (Fsp3) is 0.333. The van der Waals surface area contributed by atoms with Crippen LogP contribution in [-0.4, -0.2) is 32.5 Å². The number of hydrogen-bond donors (Lipinski definition) is 2. The van der Waals surface area contributed by atoms with E-state index in [0.717, 1.165) is 22.9 Å². The molecule has 0 spiro atoms. The van der Waals surface area contributed by atoms with E-state index in [1.54, 1.807) is 55.5 Å². The molecule has 0 heterocycles. The quantitative estimate of drug-likeness (QED) is 0.368. The van der Waals surface area contributed by atoms with Crippen LogP contribution < -0.4 is 14.9 Å². The number of benzene rings is 3. The fourth-order valence-corrected chi connectivity index (χ4v) is 5.35. The number of carbonyl (C=O) groups is 2. The number of sulfonamides is 1. The number of aryl methyl sites for hydroxylation is 2. The summed E-state index contributed by atoms with van der Waals surface area (Å²) in [4.78, 5) is 26.1. The first-order valence-corrected chi connectivity index (χ1v) is 14.4. The number of amides is 2. The summed E-state index contributed by atoms with van der Waals surface area (Å²) in [6.07, 6.45) is 1.37. The molecule has 0 aliphatic heterocycles. The van der Waals surface area contributed by atoms with Crippen LogP contribution in [0.5, 0.6) is 0 Å². The molecule has 3 rings (SSSR count). The van der Waals surface area contributed by atoms with Crippen molar-refractivity contribution in [3.05, 3.63) is 89.0 Å². The van der Waals surface area contributed by atoms with Crippen molar-refractivity contribution in [3.8, 4) is 0 Å². The van der Waals surface area contributed by atoms with Gasteiger partial charge in [0.2, 0.25) is 15.9 Å². The van der Waals surface area contributed by atoms with Gasteiger partial charge in [0.15, 0.2) is 0 Å². The molecule has 2 amide bonds. The summed E-state index contributed by atoms with van der Waals surface area (Å²) >= 11 is 0. The van der Waals surface area contributed by atoms with Crippen LogP contribution in [0.2, 0.25) is 0 Å². The number of carbonyl (C=O) groups excluding carboxylic acids is 2. The third kappa shape index (κ3) is 7.01. The summed E-state index contributed by atoms with van der Waals surface area (Å²) < 4.78 is 26.7. The monoisotopic (exact) mass is 535 g/mol. The average molecular weight is 536 g/mol. The Labute approximate surface area is 226 Å². The number of anilines is 3. The van der Waals surface area contributed by atoms with Crippen molar-refractivity contribution in [3.63, 3.8) is 0 Å². The minimum atomic E-state index is -3.75. The average Bonchev–Trinajstić information content (AvgIpc) is 2.83. The first-order chi connectivity index (χ1) is 17.7. The van der Waals surface area contributed by atoms with Crippen molar-refractivity contribution < 1.29 is 18.0 Å². The van der Waals surface area contributed by atoms with Crippen molar-refractivity contribution in [2.24, 2.45) is 0 Å². The van der Waals surface area contributed by atoms with Gasteiger partial charge in [-0.2, -0.15) is 0 Å². The Morgan fingerprint density at radius 1 is 0.868 bits per heavy atom. The molecule has 0 aliphatic carbocycles. The van der Waals surface area contributed by atoms with E-state index in [0.29, 0.717) is 22.6 Å². The Morgan fingerprint density at radius 3 is 2.00 bits per heavy atom. The molecule has 3 aromatic rings. The second kappa shape index (κ2) is 11.4. The van der Waals surface area contributed by atoms with Crippen LogP contribution in [0, 0.1) is 13.8 Å². The van der Waals surface area contributed by atoms with Gasteiger partial charge in [0.05, 0.1) is 11.9 Å². The molecular weight excluding hydrogens is 498 g/mol. The summed E-state index contributed by atoms with van der Waals surface area (Å²) in [5.41, 5.74) is 5.01. The Balaban J connectivity index is 1.79. The van der Waals surface area contributed by atoms with Crippen molar-refractivity contribution in [2.75, 3.05) is 21.2 Å². The van der Waals surface area contributed by atoms with Gasteiger partial charge in [0.1, 0.15) is 6.04 Å². The van der Waals surface area contributed by atoms with Gasteiger partial charge in [-0.25, -0.2) is 8.42 Å². The molecule has 8 heteroatoms. The standard InChI is InChI=1S/C30H37N3O4S/c1-8-27(33(38(7,36)37)26-17-12-20(2)21(3)18-26)29(35)32-25-11-9-10-24(19-25)31-28(34)22-13-15-23(16-14-22)30(4,5)6/h9-19,27H,8H2,1-7H3,(H,31,34)(H,32,35)/t27-/m0/s1. The molecular formula is C30H37N3O4S. The van der Waals surface area contributed by atoms with Crippen molar-refractivity contribution in [1.82, 2.24) is 0 Å². The van der Waals surface area contributed by atoms with Crippen LogP contribution in [0.3, 0.4) is 0 Å². The molecule has 0 radical (unpaired) electrons. The lowest BCUT2D eigenvalue weighted by Gasteiger charge is -2.30. The van der Waals surface area contributed by atoms with E-state index in [4.69, 9.17) is 0 Å². The summed E-state index contributed by atoms with van der Waals surface area (Å²) in [5.74, 6) is -0.726. The van der Waals surface area contributed by atoms with Crippen LogP contribution in [0.1, 0.15) is 61.2 Å². The molecule has 0 saturated carbocycles. The minimum Gasteiger partial charge on any atom is -0.324 e. The molecule has 0 bridgehead atoms. The van der Waals surface area contributed by atoms with Crippen LogP contribution in [-0.2, 0) is 20.2 Å². The van der Waals surface area contributed by atoms with Gasteiger partial charge in [-0.15, -0.1) is 0 Å². The highest BCUT2D eigenvalue weighted by Crippen LogP contribution is 2.26. The van der Waals surface area contributed by atoms with E-state index < -0.39 is 22.0 Å². The Kier molecular flexibility index (Phi) is 8.67. The highest BCUT2D eigenvalue weighted by atomic mass is 32.2. The molecule has 2 N–H and O–H groups in total. The van der Waals surface area contributed by atoms with E-state index in [1.807, 2.05) is 32.0 Å².